The molecule has 1 aliphatic rings. The van der Waals surface area contributed by atoms with Crippen molar-refractivity contribution in [2.24, 2.45) is 0 Å². The maximum atomic E-state index is 12.6. The van der Waals surface area contributed by atoms with Crippen LogP contribution < -0.4 is 4.72 Å². The largest absolute Gasteiger partial charge is 0.289 e. The van der Waals surface area contributed by atoms with Gasteiger partial charge in [0.05, 0.1) is 10.5 Å². The van der Waals surface area contributed by atoms with Crippen LogP contribution in [0.5, 0.6) is 0 Å². The van der Waals surface area contributed by atoms with E-state index in [-0.39, 0.29) is 27.4 Å². The molecule has 2 aromatic rings. The van der Waals surface area contributed by atoms with Crippen molar-refractivity contribution in [2.45, 2.75) is 4.90 Å². The minimum absolute atomic E-state index is 0.0597. The van der Waals surface area contributed by atoms with Crippen molar-refractivity contribution in [1.82, 2.24) is 4.72 Å². The molecule has 0 amide bonds. The summed E-state index contributed by atoms with van der Waals surface area (Å²) in [6.45, 7) is 0. The Morgan fingerprint density at radius 1 is 0.810 bits per heavy atom. The Morgan fingerprint density at radius 3 is 2.00 bits per heavy atom. The summed E-state index contributed by atoms with van der Waals surface area (Å²) < 4.78 is 26.3. The summed E-state index contributed by atoms with van der Waals surface area (Å²) in [7, 11) is -2.56. The van der Waals surface area contributed by atoms with Crippen LogP contribution in [0.4, 0.5) is 0 Å². The van der Waals surface area contributed by atoms with Gasteiger partial charge in [-0.05, 0) is 13.1 Å². The average Bonchev–Trinajstić information content (AvgIpc) is 2.52. The van der Waals surface area contributed by atoms with Gasteiger partial charge in [-0.1, -0.05) is 36.4 Å². The van der Waals surface area contributed by atoms with Crippen molar-refractivity contribution in [3.63, 3.8) is 0 Å². The Kier molecular flexibility index (Phi) is 3.00. The van der Waals surface area contributed by atoms with Crippen LogP contribution in [0.2, 0.25) is 0 Å². The number of nitrogens with one attached hydrogen (secondary N) is 1. The zero-order chi connectivity index (χ0) is 15.2. The van der Waals surface area contributed by atoms with Gasteiger partial charge in [0, 0.05) is 16.7 Å². The standard InChI is InChI=1S/C15H11NO4S/c1-16-21(19,20)12-8-4-7-11-13(12)15(18)10-6-3-2-5-9(10)14(11)17/h2-8,16H,1H3. The molecular weight excluding hydrogens is 290 g/mol. The van der Waals surface area contributed by atoms with Crippen molar-refractivity contribution in [2.75, 3.05) is 7.05 Å². The van der Waals surface area contributed by atoms with Gasteiger partial charge in [-0.15, -0.1) is 0 Å². The molecule has 0 saturated carbocycles. The van der Waals surface area contributed by atoms with Crippen molar-refractivity contribution in [3.8, 4) is 0 Å². The van der Waals surface area contributed by atoms with Crippen LogP contribution >= 0.6 is 0 Å². The number of rotatable bonds is 2. The molecule has 0 heterocycles. The fraction of sp³-hybridized carbons (Fsp3) is 0.0667. The highest BCUT2D eigenvalue weighted by Crippen LogP contribution is 2.31. The number of hydrogen-bond acceptors (Lipinski definition) is 4. The monoisotopic (exact) mass is 301 g/mol. The van der Waals surface area contributed by atoms with Gasteiger partial charge < -0.3 is 0 Å². The molecule has 0 aliphatic heterocycles. The lowest BCUT2D eigenvalue weighted by molar-refractivity contribution is 0.0976. The third-order valence-electron chi connectivity index (χ3n) is 3.47. The van der Waals surface area contributed by atoms with Gasteiger partial charge in [0.2, 0.25) is 10.0 Å². The first-order chi connectivity index (χ1) is 9.97. The SMILES string of the molecule is CNS(=O)(=O)c1cccc2c1C(=O)c1ccccc1C2=O. The lowest BCUT2D eigenvalue weighted by atomic mass is 9.84. The second-order valence-electron chi connectivity index (χ2n) is 4.59. The van der Waals surface area contributed by atoms with Crippen molar-refractivity contribution in [3.05, 3.63) is 64.7 Å². The molecule has 0 bridgehead atoms. The van der Waals surface area contributed by atoms with Gasteiger partial charge >= 0.3 is 0 Å². The number of benzene rings is 2. The van der Waals surface area contributed by atoms with E-state index in [0.29, 0.717) is 5.56 Å². The van der Waals surface area contributed by atoms with Crippen LogP contribution in [0.1, 0.15) is 31.8 Å². The lowest BCUT2D eigenvalue weighted by Gasteiger charge is -2.19. The normalized spacial score (nSPS) is 13.8. The molecule has 2 aromatic carbocycles. The minimum Gasteiger partial charge on any atom is -0.289 e. The van der Waals surface area contributed by atoms with Crippen LogP contribution in [0, 0.1) is 0 Å². The molecule has 0 fully saturated rings. The van der Waals surface area contributed by atoms with E-state index in [1.807, 2.05) is 0 Å². The third-order valence-corrected chi connectivity index (χ3v) is 4.93. The lowest BCUT2D eigenvalue weighted by Crippen LogP contribution is -2.27. The summed E-state index contributed by atoms with van der Waals surface area (Å²) in [6, 6.07) is 10.7. The zero-order valence-electron chi connectivity index (χ0n) is 11.1. The first-order valence-corrected chi connectivity index (χ1v) is 7.70. The summed E-state index contributed by atoms with van der Waals surface area (Å²) >= 11 is 0. The van der Waals surface area contributed by atoms with Crippen LogP contribution in [0.25, 0.3) is 0 Å². The second-order valence-corrected chi connectivity index (χ2v) is 6.45. The fourth-order valence-electron chi connectivity index (χ4n) is 2.45. The van der Waals surface area contributed by atoms with Gasteiger partial charge in [0.25, 0.3) is 0 Å². The van der Waals surface area contributed by atoms with Crippen LogP contribution in [-0.2, 0) is 10.0 Å². The van der Waals surface area contributed by atoms with Gasteiger partial charge in [-0.25, -0.2) is 13.1 Å². The van der Waals surface area contributed by atoms with Crippen molar-refractivity contribution < 1.29 is 18.0 Å². The zero-order valence-corrected chi connectivity index (χ0v) is 11.9. The van der Waals surface area contributed by atoms with Crippen LogP contribution in [0.3, 0.4) is 0 Å². The minimum atomic E-state index is -3.82. The van der Waals surface area contributed by atoms with E-state index < -0.39 is 15.8 Å². The maximum absolute atomic E-state index is 12.6. The Balaban J connectivity index is 2.37. The van der Waals surface area contributed by atoms with E-state index in [9.17, 15) is 18.0 Å². The summed E-state index contributed by atoms with van der Waals surface area (Å²) in [6.07, 6.45) is 0. The Bertz CT molecular complexity index is 884. The molecule has 0 aromatic heterocycles. The molecule has 5 nitrogen and oxygen atoms in total. The van der Waals surface area contributed by atoms with Gasteiger partial charge in [-0.2, -0.15) is 0 Å². The number of ketones is 2. The van der Waals surface area contributed by atoms with E-state index in [4.69, 9.17) is 0 Å². The molecule has 1 aliphatic carbocycles. The third kappa shape index (κ3) is 1.91. The second kappa shape index (κ2) is 4.61. The van der Waals surface area contributed by atoms with E-state index >= 15 is 0 Å². The summed E-state index contributed by atoms with van der Waals surface area (Å²) in [5.41, 5.74) is 0.591. The predicted molar refractivity (Wildman–Crippen MR) is 76.0 cm³/mol. The predicted octanol–water partition coefficient (Wildman–Crippen LogP) is 1.37. The number of fused-ring (bicyclic) bond motifs is 2. The smallest absolute Gasteiger partial charge is 0.241 e. The molecule has 21 heavy (non-hydrogen) atoms. The number of carbonyl (C=O) groups excluding carboxylic acids is 2. The molecule has 0 unspecified atom stereocenters. The summed E-state index contributed by atoms with van der Waals surface area (Å²) in [5.74, 6) is -0.789. The summed E-state index contributed by atoms with van der Waals surface area (Å²) in [4.78, 5) is 24.9. The topological polar surface area (TPSA) is 80.3 Å². The quantitative estimate of drug-likeness (QED) is 0.775. The number of hydrogen-bond donors (Lipinski definition) is 1. The fourth-order valence-corrected chi connectivity index (χ4v) is 3.40. The van der Waals surface area contributed by atoms with Gasteiger partial charge in [-0.3, -0.25) is 9.59 Å². The Morgan fingerprint density at radius 2 is 1.38 bits per heavy atom. The molecule has 1 N–H and O–H groups in total. The molecular formula is C15H11NO4S. The highest BCUT2D eigenvalue weighted by molar-refractivity contribution is 7.89. The van der Waals surface area contributed by atoms with Crippen LogP contribution in [0.15, 0.2) is 47.4 Å². The van der Waals surface area contributed by atoms with Crippen molar-refractivity contribution in [1.29, 1.82) is 0 Å². The highest BCUT2D eigenvalue weighted by atomic mass is 32.2. The summed E-state index contributed by atoms with van der Waals surface area (Å²) in [5, 5.41) is 0. The van der Waals surface area contributed by atoms with Gasteiger partial charge in [0.15, 0.2) is 11.6 Å². The molecule has 0 saturated heterocycles. The van der Waals surface area contributed by atoms with Gasteiger partial charge in [0.1, 0.15) is 0 Å². The van der Waals surface area contributed by atoms with Crippen molar-refractivity contribution >= 4 is 21.6 Å². The average molecular weight is 301 g/mol. The number of sulfonamides is 1. The van der Waals surface area contributed by atoms with E-state index in [2.05, 4.69) is 4.72 Å². The van der Waals surface area contributed by atoms with Crippen LogP contribution in [-0.4, -0.2) is 27.0 Å². The number of carbonyl (C=O) groups is 2. The molecule has 0 radical (unpaired) electrons. The Hall–Kier alpha value is -2.31. The first kappa shape index (κ1) is 13.7. The molecule has 106 valence electrons. The highest BCUT2D eigenvalue weighted by Gasteiger charge is 2.34. The Labute approximate surface area is 121 Å². The van der Waals surface area contributed by atoms with E-state index in [0.717, 1.165) is 0 Å². The molecule has 0 spiro atoms. The van der Waals surface area contributed by atoms with E-state index in [1.165, 1.54) is 31.3 Å². The maximum Gasteiger partial charge on any atom is 0.241 e. The molecule has 3 rings (SSSR count). The molecule has 0 atom stereocenters. The van der Waals surface area contributed by atoms with E-state index in [1.54, 1.807) is 18.2 Å². The first-order valence-electron chi connectivity index (χ1n) is 6.22. The molecule has 6 heteroatoms.